The second kappa shape index (κ2) is 7.65. The molecule has 5 heteroatoms. The van der Waals surface area contributed by atoms with Crippen molar-refractivity contribution in [1.29, 1.82) is 0 Å². The van der Waals surface area contributed by atoms with Gasteiger partial charge in [0, 0.05) is 19.6 Å². The van der Waals surface area contributed by atoms with Crippen molar-refractivity contribution in [3.05, 3.63) is 30.3 Å². The average molecular weight is 238 g/mol. The number of para-hydroxylation sites is 1. The summed E-state index contributed by atoms with van der Waals surface area (Å²) in [4.78, 5) is 11.3. The molecule has 1 amide bonds. The molecule has 3 N–H and O–H groups in total. The maximum absolute atomic E-state index is 11.3. The first-order valence-electron chi connectivity index (χ1n) is 5.58. The molecule has 94 valence electrons. The van der Waals surface area contributed by atoms with Crippen LogP contribution in [0.3, 0.4) is 0 Å². The minimum Gasteiger partial charge on any atom is -0.410 e. The smallest absolute Gasteiger partial charge is 0.410 e. The first-order chi connectivity index (χ1) is 8.18. The van der Waals surface area contributed by atoms with Crippen molar-refractivity contribution in [3.8, 4) is 5.75 Å². The Balaban J connectivity index is 2.10. The van der Waals surface area contributed by atoms with Gasteiger partial charge in [0.25, 0.3) is 0 Å². The maximum atomic E-state index is 11.3. The lowest BCUT2D eigenvalue weighted by Crippen LogP contribution is -2.35. The summed E-state index contributed by atoms with van der Waals surface area (Å²) in [6, 6.07) is 8.88. The second-order valence-corrected chi connectivity index (χ2v) is 3.68. The highest BCUT2D eigenvalue weighted by Gasteiger charge is 2.02. The second-order valence-electron chi connectivity index (χ2n) is 3.68. The molecular formula is C12H18N2O3. The van der Waals surface area contributed by atoms with Gasteiger partial charge < -0.3 is 20.5 Å². The number of benzene rings is 1. The van der Waals surface area contributed by atoms with Gasteiger partial charge in [0.15, 0.2) is 0 Å². The fourth-order valence-corrected chi connectivity index (χ4v) is 1.20. The summed E-state index contributed by atoms with van der Waals surface area (Å²) in [5, 5.41) is 14.6. The Morgan fingerprint density at radius 2 is 2.06 bits per heavy atom. The first-order valence-corrected chi connectivity index (χ1v) is 5.58. The number of carbonyl (C=O) groups is 1. The lowest BCUT2D eigenvalue weighted by molar-refractivity contribution is 0.190. The minimum atomic E-state index is -0.477. The van der Waals surface area contributed by atoms with Crippen LogP contribution < -0.4 is 15.4 Å². The molecule has 0 aliphatic rings. The molecule has 0 aromatic heterocycles. The molecule has 1 aromatic carbocycles. The summed E-state index contributed by atoms with van der Waals surface area (Å²) < 4.78 is 5.01. The molecular weight excluding hydrogens is 220 g/mol. The first kappa shape index (κ1) is 13.5. The fraction of sp³-hybridized carbons (Fsp3) is 0.417. The maximum Gasteiger partial charge on any atom is 0.412 e. The number of aliphatic hydroxyl groups excluding tert-OH is 1. The molecule has 17 heavy (non-hydrogen) atoms. The van der Waals surface area contributed by atoms with Crippen molar-refractivity contribution in [1.82, 2.24) is 10.6 Å². The zero-order valence-electron chi connectivity index (χ0n) is 9.85. The predicted molar refractivity (Wildman–Crippen MR) is 65.0 cm³/mol. The number of amides is 1. The Kier molecular flexibility index (Phi) is 6.06. The van der Waals surface area contributed by atoms with E-state index in [4.69, 9.17) is 9.84 Å². The van der Waals surface area contributed by atoms with E-state index < -0.39 is 6.09 Å². The van der Waals surface area contributed by atoms with Gasteiger partial charge in [-0.25, -0.2) is 4.79 Å². The summed E-state index contributed by atoms with van der Waals surface area (Å²) in [6.07, 6.45) is -0.860. The van der Waals surface area contributed by atoms with Crippen LogP contribution in [0.5, 0.6) is 5.75 Å². The normalized spacial score (nSPS) is 11.9. The van der Waals surface area contributed by atoms with E-state index in [1.165, 1.54) is 0 Å². The van der Waals surface area contributed by atoms with Crippen LogP contribution in [0, 0.1) is 0 Å². The molecule has 0 bridgehead atoms. The van der Waals surface area contributed by atoms with E-state index in [1.807, 2.05) is 6.07 Å². The quantitative estimate of drug-likeness (QED) is 0.639. The van der Waals surface area contributed by atoms with Gasteiger partial charge in [-0.3, -0.25) is 0 Å². The van der Waals surface area contributed by atoms with Crippen molar-refractivity contribution >= 4 is 6.09 Å². The van der Waals surface area contributed by atoms with E-state index in [0.717, 1.165) is 0 Å². The van der Waals surface area contributed by atoms with Crippen LogP contribution in [0.15, 0.2) is 30.3 Å². The van der Waals surface area contributed by atoms with Crippen molar-refractivity contribution in [3.63, 3.8) is 0 Å². The topological polar surface area (TPSA) is 70.6 Å². The fourth-order valence-electron chi connectivity index (χ4n) is 1.20. The molecule has 1 rings (SSSR count). The number of hydrogen-bond donors (Lipinski definition) is 3. The highest BCUT2D eigenvalue weighted by atomic mass is 16.6. The molecule has 0 aliphatic heterocycles. The van der Waals surface area contributed by atoms with Gasteiger partial charge in [0.2, 0.25) is 0 Å². The van der Waals surface area contributed by atoms with Crippen LogP contribution in [0.4, 0.5) is 4.79 Å². The van der Waals surface area contributed by atoms with Crippen molar-refractivity contribution in [2.24, 2.45) is 0 Å². The third kappa shape index (κ3) is 6.55. The standard InChI is InChI=1S/C12H18N2O3/c1-10(15)9-13-7-8-14-12(16)17-11-5-3-2-4-6-11/h2-6,10,13,15H,7-9H2,1H3,(H,14,16). The largest absolute Gasteiger partial charge is 0.412 e. The molecule has 1 aromatic rings. The number of hydrogen-bond acceptors (Lipinski definition) is 4. The number of aliphatic hydroxyl groups is 1. The predicted octanol–water partition coefficient (Wildman–Crippen LogP) is 0.745. The molecule has 0 heterocycles. The van der Waals surface area contributed by atoms with Crippen LogP contribution >= 0.6 is 0 Å². The van der Waals surface area contributed by atoms with Gasteiger partial charge in [0.1, 0.15) is 5.75 Å². The average Bonchev–Trinajstić information content (AvgIpc) is 2.29. The lowest BCUT2D eigenvalue weighted by Gasteiger charge is -2.08. The van der Waals surface area contributed by atoms with Crippen LogP contribution in [-0.4, -0.2) is 36.9 Å². The summed E-state index contributed by atoms with van der Waals surface area (Å²) in [5.74, 6) is 0.516. The minimum absolute atomic E-state index is 0.383. The van der Waals surface area contributed by atoms with Gasteiger partial charge in [-0.1, -0.05) is 18.2 Å². The van der Waals surface area contributed by atoms with E-state index >= 15 is 0 Å². The Morgan fingerprint density at radius 3 is 2.71 bits per heavy atom. The molecule has 0 aliphatic carbocycles. The molecule has 0 saturated carbocycles. The van der Waals surface area contributed by atoms with Crippen LogP contribution in [-0.2, 0) is 0 Å². The third-order valence-corrected chi connectivity index (χ3v) is 1.96. The summed E-state index contributed by atoms with van der Waals surface area (Å²) in [7, 11) is 0. The monoisotopic (exact) mass is 238 g/mol. The van der Waals surface area contributed by atoms with Crippen LogP contribution in [0.1, 0.15) is 6.92 Å². The molecule has 0 spiro atoms. The number of ether oxygens (including phenoxy) is 1. The van der Waals surface area contributed by atoms with E-state index in [2.05, 4.69) is 10.6 Å². The summed E-state index contributed by atoms with van der Waals surface area (Å²) in [5.41, 5.74) is 0. The SMILES string of the molecule is CC(O)CNCCNC(=O)Oc1ccccc1. The van der Waals surface area contributed by atoms with Crippen molar-refractivity contribution in [2.45, 2.75) is 13.0 Å². The van der Waals surface area contributed by atoms with Crippen molar-refractivity contribution < 1.29 is 14.6 Å². The number of rotatable bonds is 6. The molecule has 1 atom stereocenters. The van der Waals surface area contributed by atoms with Gasteiger partial charge in [-0.2, -0.15) is 0 Å². The summed E-state index contributed by atoms with van der Waals surface area (Å²) >= 11 is 0. The number of carbonyl (C=O) groups excluding carboxylic acids is 1. The van der Waals surface area contributed by atoms with E-state index in [1.54, 1.807) is 31.2 Å². The highest BCUT2D eigenvalue weighted by Crippen LogP contribution is 2.07. The van der Waals surface area contributed by atoms with E-state index in [0.29, 0.717) is 25.4 Å². The lowest BCUT2D eigenvalue weighted by atomic mass is 10.3. The molecule has 0 radical (unpaired) electrons. The Labute approximate surface area is 101 Å². The molecule has 5 nitrogen and oxygen atoms in total. The van der Waals surface area contributed by atoms with Gasteiger partial charge in [-0.05, 0) is 19.1 Å². The van der Waals surface area contributed by atoms with Crippen LogP contribution in [0.2, 0.25) is 0 Å². The zero-order valence-corrected chi connectivity index (χ0v) is 9.85. The Morgan fingerprint density at radius 1 is 1.35 bits per heavy atom. The van der Waals surface area contributed by atoms with E-state index in [-0.39, 0.29) is 6.10 Å². The Bertz CT molecular complexity index is 328. The van der Waals surface area contributed by atoms with Gasteiger partial charge in [0.05, 0.1) is 6.10 Å². The molecule has 1 unspecified atom stereocenters. The van der Waals surface area contributed by atoms with Gasteiger partial charge >= 0.3 is 6.09 Å². The van der Waals surface area contributed by atoms with Gasteiger partial charge in [-0.15, -0.1) is 0 Å². The molecule has 0 saturated heterocycles. The zero-order chi connectivity index (χ0) is 12.5. The van der Waals surface area contributed by atoms with E-state index in [9.17, 15) is 4.79 Å². The highest BCUT2D eigenvalue weighted by molar-refractivity contribution is 5.70. The molecule has 0 fully saturated rings. The summed E-state index contributed by atoms with van der Waals surface area (Å²) in [6.45, 7) is 3.26. The Hall–Kier alpha value is -1.59. The van der Waals surface area contributed by atoms with Crippen molar-refractivity contribution in [2.75, 3.05) is 19.6 Å². The van der Waals surface area contributed by atoms with Crippen LogP contribution in [0.25, 0.3) is 0 Å². The number of nitrogens with one attached hydrogen (secondary N) is 2. The third-order valence-electron chi connectivity index (χ3n) is 1.96.